The van der Waals surface area contributed by atoms with E-state index < -0.39 is 0 Å². The molecule has 4 rings (SSSR count). The zero-order valence-electron chi connectivity index (χ0n) is 16.8. The topological polar surface area (TPSA) is 91.2 Å². The van der Waals surface area contributed by atoms with Gasteiger partial charge in [0.2, 0.25) is 11.1 Å². The van der Waals surface area contributed by atoms with Crippen LogP contribution in [-0.4, -0.2) is 45.1 Å². The van der Waals surface area contributed by atoms with Gasteiger partial charge in [-0.2, -0.15) is 0 Å². The van der Waals surface area contributed by atoms with Crippen LogP contribution in [0.1, 0.15) is 57.2 Å². The third-order valence-corrected chi connectivity index (χ3v) is 6.31. The number of carbonyl (C=O) groups excluding carboxylic acids is 1. The summed E-state index contributed by atoms with van der Waals surface area (Å²) in [6, 6.07) is 6.12. The molecule has 8 nitrogen and oxygen atoms in total. The summed E-state index contributed by atoms with van der Waals surface area (Å²) in [6.07, 6.45) is 4.62. The van der Waals surface area contributed by atoms with Crippen molar-refractivity contribution in [2.75, 3.05) is 19.0 Å². The van der Waals surface area contributed by atoms with Gasteiger partial charge in [-0.3, -0.25) is 4.79 Å². The number of aromatic nitrogens is 4. The van der Waals surface area contributed by atoms with Crippen LogP contribution in [0, 0.1) is 5.92 Å². The molecule has 0 bridgehead atoms. The lowest BCUT2D eigenvalue weighted by atomic mass is 9.95. The average molecular weight is 418 g/mol. The molecule has 1 N–H and O–H groups in total. The Morgan fingerprint density at radius 2 is 2.00 bits per heavy atom. The molecule has 1 fully saturated rings. The van der Waals surface area contributed by atoms with Gasteiger partial charge in [-0.25, -0.2) is 4.68 Å². The predicted molar refractivity (Wildman–Crippen MR) is 109 cm³/mol. The van der Waals surface area contributed by atoms with Crippen LogP contribution in [-0.2, 0) is 4.79 Å². The molecule has 2 aliphatic rings. The molecule has 1 aromatic heterocycles. The highest BCUT2D eigenvalue weighted by molar-refractivity contribution is 7.99. The Bertz CT molecular complexity index is 850. The molecule has 1 saturated carbocycles. The van der Waals surface area contributed by atoms with Crippen molar-refractivity contribution in [3.05, 3.63) is 23.8 Å². The molecule has 0 saturated heterocycles. The number of ether oxygens (including phenoxy) is 2. The van der Waals surface area contributed by atoms with E-state index in [4.69, 9.17) is 9.47 Å². The van der Waals surface area contributed by atoms with Gasteiger partial charge in [0.25, 0.3) is 0 Å². The van der Waals surface area contributed by atoms with Crippen LogP contribution < -0.4 is 14.8 Å². The summed E-state index contributed by atoms with van der Waals surface area (Å²) in [4.78, 5) is 12.7. The van der Waals surface area contributed by atoms with E-state index in [9.17, 15) is 4.79 Å². The second kappa shape index (κ2) is 9.02. The van der Waals surface area contributed by atoms with Crippen molar-refractivity contribution in [1.29, 1.82) is 0 Å². The first-order chi connectivity index (χ1) is 14.1. The first-order valence-corrected chi connectivity index (χ1v) is 11.2. The molecule has 0 spiro atoms. The average Bonchev–Trinajstić information content (AvgIpc) is 3.41. The number of hydrogen-bond donors (Lipinski definition) is 1. The van der Waals surface area contributed by atoms with Crippen LogP contribution >= 0.6 is 11.8 Å². The number of nitrogens with zero attached hydrogens (tertiary/aromatic N) is 4. The van der Waals surface area contributed by atoms with Gasteiger partial charge in [0.15, 0.2) is 11.5 Å². The smallest absolute Gasteiger partial charge is 0.230 e. The van der Waals surface area contributed by atoms with Crippen molar-refractivity contribution < 1.29 is 14.3 Å². The molecule has 9 heteroatoms. The maximum Gasteiger partial charge on any atom is 0.230 e. The van der Waals surface area contributed by atoms with Crippen molar-refractivity contribution in [3.63, 3.8) is 0 Å². The van der Waals surface area contributed by atoms with Gasteiger partial charge < -0.3 is 14.8 Å². The van der Waals surface area contributed by atoms with Crippen molar-refractivity contribution in [2.45, 2.75) is 56.8 Å². The van der Waals surface area contributed by atoms with E-state index in [0.29, 0.717) is 24.4 Å². The number of thioether (sulfide) groups is 1. The normalized spacial score (nSPS) is 17.5. The van der Waals surface area contributed by atoms with E-state index in [-0.39, 0.29) is 23.6 Å². The van der Waals surface area contributed by atoms with Crippen molar-refractivity contribution in [2.24, 2.45) is 5.92 Å². The zero-order valence-corrected chi connectivity index (χ0v) is 17.7. The van der Waals surface area contributed by atoms with Crippen LogP contribution in [0.4, 0.5) is 0 Å². The fraction of sp³-hybridized carbons (Fsp3) is 0.600. The minimum absolute atomic E-state index is 0.0374. The summed E-state index contributed by atoms with van der Waals surface area (Å²) in [5.74, 6) is 1.96. The fourth-order valence-corrected chi connectivity index (χ4v) is 4.65. The maximum absolute atomic E-state index is 12.7. The van der Waals surface area contributed by atoms with Crippen LogP contribution in [0.2, 0.25) is 0 Å². The highest BCUT2D eigenvalue weighted by Gasteiger charge is 2.24. The lowest BCUT2D eigenvalue weighted by Crippen LogP contribution is -2.33. The third-order valence-electron chi connectivity index (χ3n) is 5.37. The Morgan fingerprint density at radius 3 is 2.76 bits per heavy atom. The first kappa shape index (κ1) is 20.0. The number of fused-ring (bicyclic) bond motifs is 1. The summed E-state index contributed by atoms with van der Waals surface area (Å²) < 4.78 is 13.2. The Hall–Kier alpha value is -2.29. The van der Waals surface area contributed by atoms with Gasteiger partial charge in [-0.1, -0.05) is 44.5 Å². The summed E-state index contributed by atoms with van der Waals surface area (Å²) in [6.45, 7) is 5.29. The lowest BCUT2D eigenvalue weighted by molar-refractivity contribution is -0.119. The van der Waals surface area contributed by atoms with Gasteiger partial charge >= 0.3 is 0 Å². The summed E-state index contributed by atoms with van der Waals surface area (Å²) in [5, 5.41) is 15.9. The molecule has 1 amide bonds. The SMILES string of the molecule is CC(C)C(NC(=O)CSc1nnnn1C1CCCC1)c1ccc2c(c1)OCCO2. The molecule has 0 radical (unpaired) electrons. The summed E-state index contributed by atoms with van der Waals surface area (Å²) >= 11 is 1.39. The first-order valence-electron chi connectivity index (χ1n) is 10.2. The van der Waals surface area contributed by atoms with E-state index in [1.807, 2.05) is 22.9 Å². The fourth-order valence-electron chi connectivity index (χ4n) is 3.89. The molecule has 1 aromatic carbocycles. The zero-order chi connectivity index (χ0) is 20.2. The highest BCUT2D eigenvalue weighted by Crippen LogP contribution is 2.35. The standard InChI is InChI=1S/C20H27N5O3S/c1-13(2)19(14-7-8-16-17(11-14)28-10-9-27-16)21-18(26)12-29-20-22-23-24-25(20)15-5-3-4-6-15/h7-8,11,13,15,19H,3-6,9-10,12H2,1-2H3,(H,21,26). The molecular weight excluding hydrogens is 390 g/mol. The van der Waals surface area contributed by atoms with Crippen molar-refractivity contribution in [1.82, 2.24) is 25.5 Å². The number of rotatable bonds is 7. The number of carbonyl (C=O) groups is 1. The van der Waals surface area contributed by atoms with Crippen LogP contribution in [0.3, 0.4) is 0 Å². The van der Waals surface area contributed by atoms with Crippen LogP contribution in [0.25, 0.3) is 0 Å². The molecule has 2 heterocycles. The molecule has 29 heavy (non-hydrogen) atoms. The Balaban J connectivity index is 1.39. The maximum atomic E-state index is 12.7. The Kier molecular flexibility index (Phi) is 6.22. The van der Waals surface area contributed by atoms with Gasteiger partial charge in [0.1, 0.15) is 13.2 Å². The second-order valence-electron chi connectivity index (χ2n) is 7.83. The Labute approximate surface area is 174 Å². The van der Waals surface area contributed by atoms with E-state index in [1.54, 1.807) is 0 Å². The Morgan fingerprint density at radius 1 is 1.24 bits per heavy atom. The number of nitrogens with one attached hydrogen (secondary N) is 1. The number of hydrogen-bond acceptors (Lipinski definition) is 7. The third kappa shape index (κ3) is 4.66. The predicted octanol–water partition coefficient (Wildman–Crippen LogP) is 3.17. The summed E-state index contributed by atoms with van der Waals surface area (Å²) in [5.41, 5.74) is 1.01. The molecular formula is C20H27N5O3S. The monoisotopic (exact) mass is 417 g/mol. The quantitative estimate of drug-likeness (QED) is 0.692. The van der Waals surface area contributed by atoms with Gasteiger partial charge in [-0.15, -0.1) is 5.10 Å². The molecule has 1 aliphatic heterocycles. The summed E-state index contributed by atoms with van der Waals surface area (Å²) in [7, 11) is 0. The van der Waals surface area contributed by atoms with Crippen molar-refractivity contribution >= 4 is 17.7 Å². The molecule has 1 unspecified atom stereocenters. The number of amides is 1. The van der Waals surface area contributed by atoms with Crippen LogP contribution in [0.5, 0.6) is 11.5 Å². The minimum Gasteiger partial charge on any atom is -0.486 e. The molecule has 156 valence electrons. The van der Waals surface area contributed by atoms with Crippen molar-refractivity contribution in [3.8, 4) is 11.5 Å². The van der Waals surface area contributed by atoms with Gasteiger partial charge in [0.05, 0.1) is 17.8 Å². The molecule has 2 aromatic rings. The molecule has 1 aliphatic carbocycles. The number of benzene rings is 1. The minimum atomic E-state index is -0.107. The van der Waals surface area contributed by atoms with E-state index in [1.165, 1.54) is 24.6 Å². The molecule has 1 atom stereocenters. The second-order valence-corrected chi connectivity index (χ2v) is 8.77. The number of tetrazole rings is 1. The van der Waals surface area contributed by atoms with E-state index >= 15 is 0 Å². The largest absolute Gasteiger partial charge is 0.486 e. The highest BCUT2D eigenvalue weighted by atomic mass is 32.2. The van der Waals surface area contributed by atoms with Gasteiger partial charge in [0, 0.05) is 0 Å². The lowest BCUT2D eigenvalue weighted by Gasteiger charge is -2.25. The van der Waals surface area contributed by atoms with Gasteiger partial charge in [-0.05, 0) is 46.9 Å². The van der Waals surface area contributed by atoms with E-state index in [0.717, 1.165) is 29.9 Å². The van der Waals surface area contributed by atoms with Crippen LogP contribution in [0.15, 0.2) is 23.4 Å². The van der Waals surface area contributed by atoms with E-state index in [2.05, 4.69) is 34.7 Å².